The van der Waals surface area contributed by atoms with Gasteiger partial charge in [-0.05, 0) is 89.0 Å². The van der Waals surface area contributed by atoms with Gasteiger partial charge in [0.2, 0.25) is 26.8 Å². The van der Waals surface area contributed by atoms with Crippen molar-refractivity contribution < 1.29 is 100 Å². The number of carbonyl (C=O) groups excluding carboxylic acids is 2. The minimum absolute atomic E-state index is 0.00148. The number of aliphatic hydroxyl groups excluding tert-OH is 1. The van der Waals surface area contributed by atoms with Crippen LogP contribution in [0.15, 0.2) is 66.3 Å². The molecule has 0 bridgehead atoms. The molecule has 6 aromatic rings. The Balaban J connectivity index is 0.000000347. The molecule has 22 nitrogen and oxygen atoms in total. The number of aromatic nitrogens is 10. The second-order valence-corrected chi connectivity index (χ2v) is 37.8. The fourth-order valence-corrected chi connectivity index (χ4v) is 9.38. The first-order chi connectivity index (χ1) is 42.2. The third-order valence-electron chi connectivity index (χ3n) is 12.8. The second kappa shape index (κ2) is 31.1. The van der Waals surface area contributed by atoms with E-state index in [4.69, 9.17) is 38.3 Å². The molecule has 6 aromatic heterocycles. The van der Waals surface area contributed by atoms with E-state index >= 15 is 0 Å². The molecule has 510 valence electrons. The van der Waals surface area contributed by atoms with Crippen LogP contribution < -0.4 is 14.2 Å². The molecular weight excluding hydrogens is 1290 g/mol. The predicted molar refractivity (Wildman–Crippen MR) is 321 cm³/mol. The third-order valence-corrected chi connectivity index (χ3v) is 17.2. The number of aliphatic hydroxyl groups is 1. The Kier molecular flexibility index (Phi) is 26.1. The predicted octanol–water partition coefficient (Wildman–Crippen LogP) is 11.4. The molecule has 0 aliphatic heterocycles. The van der Waals surface area contributed by atoms with Crippen LogP contribution in [0.25, 0.3) is 45.3 Å². The maximum Gasteiger partial charge on any atom is 0.456 e. The van der Waals surface area contributed by atoms with E-state index in [1.165, 1.54) is 25.1 Å². The quantitative estimate of drug-likeness (QED) is 0.0217. The van der Waals surface area contributed by atoms with Crippen LogP contribution in [-0.2, 0) is 51.8 Å². The van der Waals surface area contributed by atoms with Crippen molar-refractivity contribution in [3.63, 3.8) is 0 Å². The lowest BCUT2D eigenvalue weighted by Crippen LogP contribution is -2.42. The molecule has 6 rings (SSSR count). The minimum atomic E-state index is -5.79. The summed E-state index contributed by atoms with van der Waals surface area (Å²) in [6.07, 6.45) is -4.08. The van der Waals surface area contributed by atoms with Crippen LogP contribution in [0.5, 0.6) is 17.8 Å². The molecule has 0 spiro atoms. The van der Waals surface area contributed by atoms with Crippen molar-refractivity contribution in [3.8, 4) is 63.1 Å². The fourth-order valence-electron chi connectivity index (χ4n) is 7.14. The maximum absolute atomic E-state index is 13.5. The summed E-state index contributed by atoms with van der Waals surface area (Å²) in [5.41, 5.74) is 3.61. The average Bonchev–Trinajstić information content (AvgIpc) is 1.61. The summed E-state index contributed by atoms with van der Waals surface area (Å²) < 4.78 is 185. The van der Waals surface area contributed by atoms with Crippen molar-refractivity contribution in [1.82, 2.24) is 49.5 Å². The zero-order valence-electron chi connectivity index (χ0n) is 53.4. The van der Waals surface area contributed by atoms with Crippen LogP contribution in [0.3, 0.4) is 0 Å². The number of esters is 2. The van der Waals surface area contributed by atoms with Crippen LogP contribution in [0.1, 0.15) is 38.8 Å². The van der Waals surface area contributed by atoms with E-state index in [0.29, 0.717) is 53.1 Å². The second-order valence-electron chi connectivity index (χ2n) is 24.6. The molecule has 0 aliphatic carbocycles. The van der Waals surface area contributed by atoms with Gasteiger partial charge < -0.3 is 38.3 Å². The van der Waals surface area contributed by atoms with Crippen LogP contribution >= 0.6 is 0 Å². The molecule has 0 saturated heterocycles. The maximum atomic E-state index is 13.5. The van der Waals surface area contributed by atoms with Crippen LogP contribution in [-0.4, -0.2) is 175 Å². The Bertz CT molecular complexity index is 3530. The molecule has 0 atom stereocenters. The van der Waals surface area contributed by atoms with E-state index in [1.807, 2.05) is 13.8 Å². The largest absolute Gasteiger partial charge is 0.476 e. The molecule has 0 radical (unpaired) electrons. The van der Waals surface area contributed by atoms with Crippen molar-refractivity contribution in [2.24, 2.45) is 10.8 Å². The first-order valence-electron chi connectivity index (χ1n) is 27.9. The van der Waals surface area contributed by atoms with Gasteiger partial charge in [-0.1, -0.05) is 39.3 Å². The van der Waals surface area contributed by atoms with E-state index in [9.17, 15) is 61.9 Å². The number of halogens is 10. The highest BCUT2D eigenvalue weighted by molar-refractivity contribution is 7.90. The van der Waals surface area contributed by atoms with Gasteiger partial charge in [0.25, 0.3) is 0 Å². The number of alkyl halides is 10. The van der Waals surface area contributed by atoms with Gasteiger partial charge in [-0.15, -0.1) is 10.2 Å². The number of aryl methyl sites for hydroxylation is 2. The Labute approximate surface area is 527 Å². The summed E-state index contributed by atoms with van der Waals surface area (Å²) in [4.78, 5) is 49.7. The lowest BCUT2D eigenvalue weighted by molar-refractivity contribution is -0.292. The summed E-state index contributed by atoms with van der Waals surface area (Å²) in [7, 11) is -3.68. The van der Waals surface area contributed by atoms with Gasteiger partial charge in [0, 0.05) is 94.8 Å². The number of hydrogen-bond donors (Lipinski definition) is 1. The number of nitrogens with zero attached hydrogens (tertiary/aromatic N) is 10. The summed E-state index contributed by atoms with van der Waals surface area (Å²) >= 11 is 0. The van der Waals surface area contributed by atoms with Gasteiger partial charge in [0.15, 0.2) is 18.3 Å². The molecule has 0 aliphatic rings. The number of hydrogen-bond acceptors (Lipinski definition) is 20. The minimum Gasteiger partial charge on any atom is -0.476 e. The number of ether oxygens (including phenoxy) is 7. The molecular formula is C57H76F10N10O12SSi2. The van der Waals surface area contributed by atoms with Gasteiger partial charge >= 0.3 is 42.1 Å². The smallest absolute Gasteiger partial charge is 0.456 e. The number of pyridine rings is 4. The number of rotatable bonds is 27. The molecule has 0 fully saturated rings. The normalized spacial score (nSPS) is 12.7. The SMILES string of the molecule is COC(=O)C(C)(C)COc1cc(C)c(-c2ccc(-c3nc(OCC(F)(F)C(F)(F)F)n(COCC[Si](C)(C)C)n3)cn2)cn1.COC(=O)C(C)(C)COc1cc(C)c(-c2ccc(-c3nc(S(C)(=O)=O)n(COCC[Si](C)(C)C)n3)cn2)cn1.OCC(F)(F)C(F)(F)F. The molecule has 0 saturated carbocycles. The number of methoxy groups -OCH3 is 2. The van der Waals surface area contributed by atoms with Crippen molar-refractivity contribution in [2.45, 2.75) is 136 Å². The zero-order chi connectivity index (χ0) is 69.6. The van der Waals surface area contributed by atoms with Gasteiger partial charge in [0.05, 0.1) is 36.4 Å². The van der Waals surface area contributed by atoms with Crippen LogP contribution in [0.4, 0.5) is 43.9 Å². The molecule has 6 heterocycles. The first-order valence-corrected chi connectivity index (χ1v) is 37.2. The topological polar surface area (TPSA) is 266 Å². The van der Waals surface area contributed by atoms with Gasteiger partial charge in [-0.2, -0.15) is 58.6 Å². The van der Waals surface area contributed by atoms with Crippen molar-refractivity contribution in [1.29, 1.82) is 0 Å². The Morgan fingerprint density at radius 1 is 0.565 bits per heavy atom. The summed E-state index contributed by atoms with van der Waals surface area (Å²) in [5.74, 6) is -9.89. The molecule has 0 unspecified atom stereocenters. The summed E-state index contributed by atoms with van der Waals surface area (Å²) in [6.45, 7) is 20.4. The van der Waals surface area contributed by atoms with Gasteiger partial charge in [-0.3, -0.25) is 19.6 Å². The molecule has 35 heteroatoms. The fraction of sp³-hybridized carbons (Fsp3) is 0.544. The number of sulfone groups is 1. The van der Waals surface area contributed by atoms with E-state index in [2.05, 4.69) is 79.4 Å². The highest BCUT2D eigenvalue weighted by Crippen LogP contribution is 2.37. The Morgan fingerprint density at radius 2 is 0.967 bits per heavy atom. The molecule has 1 N–H and O–H groups in total. The average molecular weight is 1370 g/mol. The van der Waals surface area contributed by atoms with Crippen LogP contribution in [0, 0.1) is 24.7 Å². The van der Waals surface area contributed by atoms with Gasteiger partial charge in [0.1, 0.15) is 33.3 Å². The summed E-state index contributed by atoms with van der Waals surface area (Å²) in [5, 5.41) is 15.9. The molecule has 0 aromatic carbocycles. The first kappa shape index (κ1) is 77.2. The van der Waals surface area contributed by atoms with Crippen molar-refractivity contribution in [2.75, 3.05) is 60.1 Å². The highest BCUT2D eigenvalue weighted by Gasteiger charge is 2.59. The lowest BCUT2D eigenvalue weighted by Gasteiger charge is -2.21. The summed E-state index contributed by atoms with van der Waals surface area (Å²) in [6, 6.07) is 11.5. The standard InChI is InChI=1S/C28H36F5N5O5Si.C26H37N5O6SSi.C3H3F5O/c1-18-12-22(42-15-26(2,3)24(39)40-4)35-14-20(18)21-9-8-19(13-34-21)23-36-25(43-16-27(29,30)28(31,32)33)38(37-23)17-41-10-11-44(5,6)7;1-18-13-22(37-16-26(2,3)24(32)35-4)28-15-20(18)21-10-9-19(14-27-21)23-29-25(38(5,33)34)31(30-23)17-36-11-12-39(6,7)8;4-2(5,1-9)3(6,7)8/h8-9,12-14H,10-11,15-17H2,1-7H3;9-10,13-15H,11-12,16-17H2,1-8H3;9H,1H2. The molecule has 0 amide bonds. The Hall–Kier alpha value is -7.22. The lowest BCUT2D eigenvalue weighted by atomic mass is 9.95. The Morgan fingerprint density at radius 3 is 1.30 bits per heavy atom. The van der Waals surface area contributed by atoms with E-state index in [0.717, 1.165) is 39.7 Å². The highest BCUT2D eigenvalue weighted by atomic mass is 32.2. The number of carbonyl (C=O) groups is 2. The van der Waals surface area contributed by atoms with Crippen molar-refractivity contribution >= 4 is 37.9 Å². The molecule has 92 heavy (non-hydrogen) atoms. The van der Waals surface area contributed by atoms with Gasteiger partial charge in [-0.25, -0.2) is 23.1 Å². The van der Waals surface area contributed by atoms with Crippen LogP contribution in [0.2, 0.25) is 51.4 Å². The monoisotopic (exact) mass is 1370 g/mol. The third kappa shape index (κ3) is 22.8. The van der Waals surface area contributed by atoms with E-state index in [-0.39, 0.29) is 49.4 Å². The van der Waals surface area contributed by atoms with E-state index < -0.39 is 86.2 Å². The van der Waals surface area contributed by atoms with E-state index in [1.54, 1.807) is 82.7 Å². The van der Waals surface area contributed by atoms with Crippen molar-refractivity contribution in [3.05, 3.63) is 72.3 Å². The zero-order valence-corrected chi connectivity index (χ0v) is 56.3.